The van der Waals surface area contributed by atoms with Gasteiger partial charge in [-0.15, -0.1) is 10.2 Å². The highest BCUT2D eigenvalue weighted by Gasteiger charge is 2.27. The topological polar surface area (TPSA) is 112 Å². The van der Waals surface area contributed by atoms with Crippen molar-refractivity contribution < 1.29 is 14.3 Å². The number of rotatable bonds is 7. The van der Waals surface area contributed by atoms with Gasteiger partial charge in [0.05, 0.1) is 5.25 Å². The second-order valence-corrected chi connectivity index (χ2v) is 7.38. The number of benzene rings is 1. The van der Waals surface area contributed by atoms with Crippen LogP contribution in [0.4, 0.5) is 4.79 Å². The number of imide groups is 1. The number of nitrogens with two attached hydrogens (primary N) is 1. The van der Waals surface area contributed by atoms with E-state index in [9.17, 15) is 9.59 Å². The third kappa shape index (κ3) is 5.37. The molecule has 1 heterocycles. The molecular weight excluding hydrogens is 378 g/mol. The number of halogens is 1. The molecule has 140 valence electrons. The van der Waals surface area contributed by atoms with Crippen LogP contribution in [0.5, 0.6) is 5.75 Å². The normalized spacial score (nSPS) is 12.0. The van der Waals surface area contributed by atoms with Crippen LogP contribution >= 0.6 is 23.4 Å². The van der Waals surface area contributed by atoms with Gasteiger partial charge in [0, 0.05) is 12.1 Å². The van der Waals surface area contributed by atoms with E-state index >= 15 is 0 Å². The van der Waals surface area contributed by atoms with Crippen molar-refractivity contribution in [3.05, 3.63) is 35.1 Å². The van der Waals surface area contributed by atoms with Crippen molar-refractivity contribution in [2.75, 3.05) is 0 Å². The molecule has 0 saturated carbocycles. The standard InChI is InChI=1S/C16H20ClN5O3S/c1-9(2)13(14(23)19-15(18)24)26-16-21-20-12(22(16)3)8-25-11-6-4-10(17)5-7-11/h4-7,9,13H,8H2,1-3H3,(H3,18,19,23,24)/t13-/m1/s1. The Labute approximate surface area is 160 Å². The van der Waals surface area contributed by atoms with E-state index in [1.165, 1.54) is 11.8 Å². The largest absolute Gasteiger partial charge is 0.486 e. The molecule has 0 unspecified atom stereocenters. The first-order valence-electron chi connectivity index (χ1n) is 7.81. The fourth-order valence-electron chi connectivity index (χ4n) is 2.05. The highest BCUT2D eigenvalue weighted by atomic mass is 35.5. The van der Waals surface area contributed by atoms with E-state index in [4.69, 9.17) is 22.1 Å². The van der Waals surface area contributed by atoms with Crippen LogP contribution in [0.15, 0.2) is 29.4 Å². The minimum atomic E-state index is -0.878. The SMILES string of the molecule is CC(C)[C@@H](Sc1nnc(COc2ccc(Cl)cc2)n1C)C(=O)NC(N)=O. The molecule has 3 N–H and O–H groups in total. The van der Waals surface area contributed by atoms with E-state index < -0.39 is 17.2 Å². The molecule has 1 aromatic carbocycles. The van der Waals surface area contributed by atoms with Crippen LogP contribution in [0, 0.1) is 5.92 Å². The van der Waals surface area contributed by atoms with Crippen molar-refractivity contribution in [2.24, 2.45) is 18.7 Å². The number of carbonyl (C=O) groups is 2. The van der Waals surface area contributed by atoms with Crippen LogP contribution in [-0.2, 0) is 18.4 Å². The summed E-state index contributed by atoms with van der Waals surface area (Å²) in [4.78, 5) is 23.1. The van der Waals surface area contributed by atoms with Gasteiger partial charge in [-0.25, -0.2) is 4.79 Å². The second-order valence-electron chi connectivity index (χ2n) is 5.84. The summed E-state index contributed by atoms with van der Waals surface area (Å²) in [7, 11) is 1.78. The van der Waals surface area contributed by atoms with Crippen molar-refractivity contribution in [1.29, 1.82) is 0 Å². The van der Waals surface area contributed by atoms with Gasteiger partial charge in [-0.2, -0.15) is 0 Å². The highest BCUT2D eigenvalue weighted by Crippen LogP contribution is 2.27. The fourth-order valence-corrected chi connectivity index (χ4v) is 3.19. The maximum atomic E-state index is 12.1. The maximum absolute atomic E-state index is 12.1. The smallest absolute Gasteiger partial charge is 0.318 e. The number of hydrogen-bond donors (Lipinski definition) is 2. The molecule has 0 saturated heterocycles. The Kier molecular flexibility index (Phi) is 6.87. The third-order valence-corrected chi connectivity index (χ3v) is 5.28. The van der Waals surface area contributed by atoms with Crippen LogP contribution in [0.1, 0.15) is 19.7 Å². The minimum Gasteiger partial charge on any atom is -0.486 e. The first-order valence-corrected chi connectivity index (χ1v) is 9.07. The molecule has 0 aliphatic carbocycles. The van der Waals surface area contributed by atoms with Crippen molar-refractivity contribution in [3.8, 4) is 5.75 Å². The molecular formula is C16H20ClN5O3S. The zero-order chi connectivity index (χ0) is 19.3. The van der Waals surface area contributed by atoms with E-state index in [-0.39, 0.29) is 12.5 Å². The third-order valence-electron chi connectivity index (χ3n) is 3.45. The summed E-state index contributed by atoms with van der Waals surface area (Å²) in [6.07, 6.45) is 0. The van der Waals surface area contributed by atoms with Crippen LogP contribution in [0.3, 0.4) is 0 Å². The zero-order valence-electron chi connectivity index (χ0n) is 14.6. The van der Waals surface area contributed by atoms with E-state index in [0.717, 1.165) is 0 Å². The summed E-state index contributed by atoms with van der Waals surface area (Å²) in [5.41, 5.74) is 5.02. The Balaban J connectivity index is 2.05. The average molecular weight is 398 g/mol. The molecule has 0 spiro atoms. The molecule has 0 fully saturated rings. The Morgan fingerprint density at radius 1 is 1.31 bits per heavy atom. The molecule has 0 aliphatic heterocycles. The van der Waals surface area contributed by atoms with Gasteiger partial charge in [-0.1, -0.05) is 37.2 Å². The number of thioether (sulfide) groups is 1. The number of hydrogen-bond acceptors (Lipinski definition) is 6. The zero-order valence-corrected chi connectivity index (χ0v) is 16.2. The molecule has 0 aliphatic rings. The number of aromatic nitrogens is 3. The fraction of sp³-hybridized carbons (Fsp3) is 0.375. The number of ether oxygens (including phenoxy) is 1. The van der Waals surface area contributed by atoms with Crippen molar-refractivity contribution in [2.45, 2.75) is 30.9 Å². The predicted molar refractivity (Wildman–Crippen MR) is 99.0 cm³/mol. The molecule has 0 radical (unpaired) electrons. The summed E-state index contributed by atoms with van der Waals surface area (Å²) >= 11 is 7.06. The summed E-state index contributed by atoms with van der Waals surface area (Å²) in [5, 5.41) is 10.9. The first kappa shape index (κ1) is 20.1. The lowest BCUT2D eigenvalue weighted by Gasteiger charge is -2.18. The number of nitrogens with zero attached hydrogens (tertiary/aromatic N) is 3. The Morgan fingerprint density at radius 2 is 1.96 bits per heavy atom. The number of urea groups is 1. The monoisotopic (exact) mass is 397 g/mol. The quantitative estimate of drug-likeness (QED) is 0.693. The van der Waals surface area contributed by atoms with Gasteiger partial charge >= 0.3 is 6.03 Å². The van der Waals surface area contributed by atoms with Gasteiger partial charge in [-0.05, 0) is 30.2 Å². The van der Waals surface area contributed by atoms with E-state index in [2.05, 4.69) is 15.5 Å². The van der Waals surface area contributed by atoms with Crippen LogP contribution in [0.2, 0.25) is 5.02 Å². The molecule has 8 nitrogen and oxygen atoms in total. The van der Waals surface area contributed by atoms with Crippen LogP contribution in [-0.4, -0.2) is 32.0 Å². The summed E-state index contributed by atoms with van der Waals surface area (Å²) in [5.74, 6) is 0.761. The lowest BCUT2D eigenvalue weighted by molar-refractivity contribution is -0.120. The van der Waals surface area contributed by atoms with Crippen molar-refractivity contribution >= 4 is 35.3 Å². The van der Waals surface area contributed by atoms with Gasteiger partial charge in [0.1, 0.15) is 12.4 Å². The molecule has 2 aromatic rings. The molecule has 3 amide bonds. The second kappa shape index (κ2) is 8.91. The Hall–Kier alpha value is -2.26. The maximum Gasteiger partial charge on any atom is 0.318 e. The summed E-state index contributed by atoms with van der Waals surface area (Å²) < 4.78 is 7.41. The van der Waals surface area contributed by atoms with Crippen LogP contribution < -0.4 is 15.8 Å². The first-order chi connectivity index (χ1) is 12.3. The van der Waals surface area contributed by atoms with Gasteiger partial charge in [-0.3, -0.25) is 10.1 Å². The van der Waals surface area contributed by atoms with Gasteiger partial charge in [0.25, 0.3) is 0 Å². The molecule has 2 rings (SSSR count). The highest BCUT2D eigenvalue weighted by molar-refractivity contribution is 8.00. The van der Waals surface area contributed by atoms with Crippen LogP contribution in [0.25, 0.3) is 0 Å². The molecule has 1 aromatic heterocycles. The van der Waals surface area contributed by atoms with E-state index in [1.54, 1.807) is 35.9 Å². The Morgan fingerprint density at radius 3 is 2.54 bits per heavy atom. The Bertz CT molecular complexity index is 779. The summed E-state index contributed by atoms with van der Waals surface area (Å²) in [6, 6.07) is 6.12. The average Bonchev–Trinajstić information content (AvgIpc) is 2.91. The lowest BCUT2D eigenvalue weighted by Crippen LogP contribution is -2.42. The van der Waals surface area contributed by atoms with Gasteiger partial charge < -0.3 is 15.0 Å². The number of primary amides is 1. The summed E-state index contributed by atoms with van der Waals surface area (Å²) in [6.45, 7) is 3.96. The number of amides is 3. The van der Waals surface area contributed by atoms with Crippen molar-refractivity contribution in [1.82, 2.24) is 20.1 Å². The molecule has 0 bridgehead atoms. The molecule has 10 heteroatoms. The number of nitrogens with one attached hydrogen (secondary N) is 1. The molecule has 26 heavy (non-hydrogen) atoms. The predicted octanol–water partition coefficient (Wildman–Crippen LogP) is 2.36. The van der Waals surface area contributed by atoms with Crippen molar-refractivity contribution in [3.63, 3.8) is 0 Å². The van der Waals surface area contributed by atoms with Gasteiger partial charge in [0.2, 0.25) is 5.91 Å². The number of carbonyl (C=O) groups excluding carboxylic acids is 2. The molecule has 1 atom stereocenters. The van der Waals surface area contributed by atoms with E-state index in [1.807, 2.05) is 13.8 Å². The minimum absolute atomic E-state index is 0.0372. The lowest BCUT2D eigenvalue weighted by atomic mass is 10.1. The van der Waals surface area contributed by atoms with Gasteiger partial charge in [0.15, 0.2) is 11.0 Å². The van der Waals surface area contributed by atoms with E-state index in [0.29, 0.717) is 21.8 Å².